The smallest absolute Gasteiger partial charge is 0.308 e. The molecule has 0 bridgehead atoms. The lowest BCUT2D eigenvalue weighted by Gasteiger charge is -2.03. The normalized spacial score (nSPS) is 11.2. The molecule has 0 fully saturated rings. The van der Waals surface area contributed by atoms with E-state index in [1.807, 2.05) is 0 Å². The second-order valence-electron chi connectivity index (χ2n) is 8.01. The number of ether oxygens (including phenoxy) is 2. The van der Waals surface area contributed by atoms with Crippen molar-refractivity contribution in [3.8, 4) is 22.9 Å². The fourth-order valence-electron chi connectivity index (χ4n) is 4.10. The highest BCUT2D eigenvalue weighted by molar-refractivity contribution is 5.98. The summed E-state index contributed by atoms with van der Waals surface area (Å²) in [6, 6.07) is 14.1. The summed E-state index contributed by atoms with van der Waals surface area (Å²) in [6.07, 6.45) is 0. The van der Waals surface area contributed by atoms with Crippen LogP contribution in [-0.4, -0.2) is 21.1 Å². The number of esters is 2. The van der Waals surface area contributed by atoms with Gasteiger partial charge >= 0.3 is 11.9 Å². The number of benzene rings is 3. The van der Waals surface area contributed by atoms with E-state index in [4.69, 9.17) is 9.47 Å². The van der Waals surface area contributed by atoms with E-state index in [1.165, 1.54) is 74.5 Å². The maximum atomic E-state index is 13.1. The van der Waals surface area contributed by atoms with Gasteiger partial charge in [-0.25, -0.2) is 9.13 Å². The predicted octanol–water partition coefficient (Wildman–Crippen LogP) is 1.74. The molecule has 5 rings (SSSR count). The van der Waals surface area contributed by atoms with E-state index in [9.17, 15) is 28.8 Å². The van der Waals surface area contributed by atoms with Crippen LogP contribution in [-0.2, 0) is 9.59 Å². The molecule has 10 nitrogen and oxygen atoms in total. The first kappa shape index (κ1) is 22.7. The van der Waals surface area contributed by atoms with Crippen molar-refractivity contribution < 1.29 is 19.1 Å². The van der Waals surface area contributed by atoms with E-state index in [1.54, 1.807) is 0 Å². The van der Waals surface area contributed by atoms with Gasteiger partial charge in [-0.15, -0.1) is 0 Å². The molecule has 0 N–H and O–H groups in total. The highest BCUT2D eigenvalue weighted by Gasteiger charge is 2.21. The Kier molecular flexibility index (Phi) is 5.21. The molecule has 2 aromatic heterocycles. The van der Waals surface area contributed by atoms with E-state index >= 15 is 0 Å². The van der Waals surface area contributed by atoms with Crippen LogP contribution in [0.4, 0.5) is 0 Å². The number of fused-ring (bicyclic) bond motifs is 2. The topological polar surface area (TPSA) is 131 Å². The molecule has 0 radical (unpaired) electrons. The SMILES string of the molecule is CC(=O)Oc1ccc(-n2c(=O)c3cc4c(=O)n(-c5ccc(OC(C)=O)cc5)c(=O)c4cc3c2=O)cc1. The molecule has 0 unspecified atom stereocenters. The van der Waals surface area contributed by atoms with Gasteiger partial charge in [-0.3, -0.25) is 28.8 Å². The quantitative estimate of drug-likeness (QED) is 0.279. The van der Waals surface area contributed by atoms with Gasteiger partial charge < -0.3 is 9.47 Å². The molecule has 10 heteroatoms. The Morgan fingerprint density at radius 2 is 0.806 bits per heavy atom. The number of hydrogen-bond donors (Lipinski definition) is 0. The van der Waals surface area contributed by atoms with Gasteiger partial charge in [-0.05, 0) is 60.7 Å². The summed E-state index contributed by atoms with van der Waals surface area (Å²) in [5.41, 5.74) is -2.12. The molecule has 0 aliphatic heterocycles. The summed E-state index contributed by atoms with van der Waals surface area (Å²) in [4.78, 5) is 74.6. The molecule has 36 heavy (non-hydrogen) atoms. The lowest BCUT2D eigenvalue weighted by Crippen LogP contribution is -2.24. The van der Waals surface area contributed by atoms with Gasteiger partial charge in [-0.1, -0.05) is 0 Å². The van der Waals surface area contributed by atoms with Gasteiger partial charge in [0.15, 0.2) is 0 Å². The number of rotatable bonds is 4. The van der Waals surface area contributed by atoms with Crippen molar-refractivity contribution in [1.29, 1.82) is 0 Å². The van der Waals surface area contributed by atoms with Crippen LogP contribution >= 0.6 is 0 Å². The van der Waals surface area contributed by atoms with Crippen LogP contribution in [0.2, 0.25) is 0 Å². The third-order valence-electron chi connectivity index (χ3n) is 5.60. The maximum absolute atomic E-state index is 13.1. The minimum atomic E-state index is -0.650. The summed E-state index contributed by atoms with van der Waals surface area (Å²) in [5, 5.41) is -0.0147. The maximum Gasteiger partial charge on any atom is 0.308 e. The fourth-order valence-corrected chi connectivity index (χ4v) is 4.10. The highest BCUT2D eigenvalue weighted by atomic mass is 16.5. The molecule has 0 spiro atoms. The van der Waals surface area contributed by atoms with Crippen LogP contribution in [0.15, 0.2) is 79.8 Å². The zero-order valence-corrected chi connectivity index (χ0v) is 18.9. The summed E-state index contributed by atoms with van der Waals surface area (Å²) in [5.74, 6) is -0.526. The van der Waals surface area contributed by atoms with Gasteiger partial charge in [0.05, 0.1) is 32.9 Å². The van der Waals surface area contributed by atoms with E-state index in [-0.39, 0.29) is 44.4 Å². The Labute approximate surface area is 200 Å². The Balaban J connectivity index is 1.65. The predicted molar refractivity (Wildman–Crippen MR) is 130 cm³/mol. The lowest BCUT2D eigenvalue weighted by molar-refractivity contribution is -0.132. The van der Waals surface area contributed by atoms with Crippen LogP contribution in [0.1, 0.15) is 13.8 Å². The zero-order valence-electron chi connectivity index (χ0n) is 18.9. The van der Waals surface area contributed by atoms with E-state index < -0.39 is 34.2 Å². The van der Waals surface area contributed by atoms with E-state index in [0.717, 1.165) is 9.13 Å². The van der Waals surface area contributed by atoms with Gasteiger partial charge in [0.1, 0.15) is 11.5 Å². The molecule has 0 aliphatic carbocycles. The molecule has 0 amide bonds. The molecule has 0 saturated carbocycles. The molecular weight excluding hydrogens is 468 g/mol. The number of nitrogens with zero attached hydrogens (tertiary/aromatic N) is 2. The van der Waals surface area contributed by atoms with Crippen molar-refractivity contribution in [2.75, 3.05) is 0 Å². The summed E-state index contributed by atoms with van der Waals surface area (Å²) in [6.45, 7) is 2.50. The number of carbonyl (C=O) groups excluding carboxylic acids is 2. The first-order valence-corrected chi connectivity index (χ1v) is 10.7. The van der Waals surface area contributed by atoms with E-state index in [2.05, 4.69) is 0 Å². The van der Waals surface area contributed by atoms with Gasteiger partial charge in [-0.2, -0.15) is 0 Å². The average molecular weight is 484 g/mol. The minimum absolute atomic E-state index is 0.00369. The second-order valence-corrected chi connectivity index (χ2v) is 8.01. The summed E-state index contributed by atoms with van der Waals surface area (Å²) in [7, 11) is 0. The van der Waals surface area contributed by atoms with Crippen molar-refractivity contribution in [3.05, 3.63) is 102 Å². The number of hydrogen-bond acceptors (Lipinski definition) is 8. The third-order valence-corrected chi connectivity index (χ3v) is 5.60. The Morgan fingerprint density at radius 3 is 1.06 bits per heavy atom. The van der Waals surface area contributed by atoms with Crippen molar-refractivity contribution in [2.24, 2.45) is 0 Å². The van der Waals surface area contributed by atoms with Crippen LogP contribution in [0.3, 0.4) is 0 Å². The first-order valence-electron chi connectivity index (χ1n) is 10.7. The summed E-state index contributed by atoms with van der Waals surface area (Å²) >= 11 is 0. The highest BCUT2D eigenvalue weighted by Crippen LogP contribution is 2.20. The van der Waals surface area contributed by atoms with Crippen LogP contribution < -0.4 is 31.7 Å². The molecule has 178 valence electrons. The van der Waals surface area contributed by atoms with E-state index in [0.29, 0.717) is 0 Å². The van der Waals surface area contributed by atoms with Crippen molar-refractivity contribution in [3.63, 3.8) is 0 Å². The zero-order chi connectivity index (χ0) is 25.7. The van der Waals surface area contributed by atoms with Crippen molar-refractivity contribution >= 4 is 33.5 Å². The first-order chi connectivity index (χ1) is 17.2. The Bertz CT molecular complexity index is 1690. The molecule has 2 heterocycles. The van der Waals surface area contributed by atoms with Crippen LogP contribution in [0, 0.1) is 0 Å². The van der Waals surface area contributed by atoms with Crippen molar-refractivity contribution in [2.45, 2.75) is 13.8 Å². The summed E-state index contributed by atoms with van der Waals surface area (Å²) < 4.78 is 11.8. The number of aromatic nitrogens is 2. The number of carbonyl (C=O) groups is 2. The second kappa shape index (κ2) is 8.27. The molecular formula is C26H16N2O8. The Morgan fingerprint density at radius 1 is 0.528 bits per heavy atom. The van der Waals surface area contributed by atoms with Gasteiger partial charge in [0, 0.05) is 13.8 Å². The van der Waals surface area contributed by atoms with Crippen molar-refractivity contribution in [1.82, 2.24) is 9.13 Å². The molecule has 0 aliphatic rings. The average Bonchev–Trinajstić information content (AvgIpc) is 3.22. The monoisotopic (exact) mass is 484 g/mol. The lowest BCUT2D eigenvalue weighted by atomic mass is 10.1. The third kappa shape index (κ3) is 3.61. The largest absolute Gasteiger partial charge is 0.427 e. The molecule has 3 aromatic carbocycles. The fraction of sp³-hybridized carbons (Fsp3) is 0.0769. The standard InChI is InChI=1S/C26H16N2O8/c1-13(29)35-17-7-3-15(4-8-17)27-23(31)19-11-21-22(12-20(19)24(27)32)26(34)28(25(21)33)16-5-9-18(10-6-16)36-14(2)30/h3-12H,1-2H3. The van der Waals surface area contributed by atoms with Crippen LogP contribution in [0.5, 0.6) is 11.5 Å². The Hall–Kier alpha value is -5.12. The van der Waals surface area contributed by atoms with Gasteiger partial charge in [0.2, 0.25) is 0 Å². The van der Waals surface area contributed by atoms with Gasteiger partial charge in [0.25, 0.3) is 22.2 Å². The molecule has 5 aromatic rings. The molecule has 0 atom stereocenters. The van der Waals surface area contributed by atoms with Crippen LogP contribution in [0.25, 0.3) is 32.9 Å². The molecule has 0 saturated heterocycles. The minimum Gasteiger partial charge on any atom is -0.427 e.